The van der Waals surface area contributed by atoms with Gasteiger partial charge in [0, 0.05) is 50.4 Å². The Kier molecular flexibility index (Phi) is 22.0. The molecule has 1 aliphatic carbocycles. The lowest BCUT2D eigenvalue weighted by atomic mass is 9.85. The van der Waals surface area contributed by atoms with Gasteiger partial charge in [0.2, 0.25) is 65.0 Å². The number of primary amides is 2. The minimum absolute atomic E-state index is 0.0914. The maximum absolute atomic E-state index is 14.3. The summed E-state index contributed by atoms with van der Waals surface area (Å²) in [6, 6.07) is -5.32. The van der Waals surface area contributed by atoms with Gasteiger partial charge in [0.05, 0.1) is 43.7 Å². The van der Waals surface area contributed by atoms with Crippen LogP contribution in [0.5, 0.6) is 0 Å². The lowest BCUT2D eigenvalue weighted by Gasteiger charge is -2.39. The fourth-order valence-electron chi connectivity index (χ4n) is 9.57. The topological polar surface area (TPSA) is 467 Å². The molecule has 3 heterocycles. The summed E-state index contributed by atoms with van der Waals surface area (Å²) in [4.78, 5) is 165. The Labute approximate surface area is 447 Å². The van der Waals surface area contributed by atoms with Crippen LogP contribution < -0.4 is 59.7 Å². The number of carbonyl (C=O) groups excluding carboxylic acids is 11. The molecule has 13 atom stereocenters. The summed E-state index contributed by atoms with van der Waals surface area (Å²) in [5, 5.41) is 62.0. The summed E-state index contributed by atoms with van der Waals surface area (Å²) >= 11 is 0. The van der Waals surface area contributed by atoms with E-state index < -0.39 is 195 Å². The second-order valence-electron chi connectivity index (χ2n) is 19.9. The van der Waals surface area contributed by atoms with Crippen LogP contribution in [0.1, 0.15) is 77.2 Å². The van der Waals surface area contributed by atoms with Crippen molar-refractivity contribution < 1.29 is 78.0 Å². The van der Waals surface area contributed by atoms with Gasteiger partial charge in [-0.05, 0) is 44.7 Å². The van der Waals surface area contributed by atoms with E-state index in [-0.39, 0.29) is 44.3 Å². The Morgan fingerprint density at radius 3 is 1.88 bits per heavy atom. The first kappa shape index (κ1) is 61.1. The molecule has 78 heavy (non-hydrogen) atoms. The van der Waals surface area contributed by atoms with Gasteiger partial charge in [-0.1, -0.05) is 43.3 Å². The van der Waals surface area contributed by atoms with E-state index in [1.807, 2.05) is 0 Å². The summed E-state index contributed by atoms with van der Waals surface area (Å²) in [5.41, 5.74) is 17.7. The molecular formula is C49H71N13O16. The van der Waals surface area contributed by atoms with Crippen molar-refractivity contribution in [3.8, 4) is 0 Å². The zero-order chi connectivity index (χ0) is 57.5. The van der Waals surface area contributed by atoms with Crippen LogP contribution in [0.15, 0.2) is 42.1 Å². The molecule has 0 bridgehead atoms. The largest absolute Gasteiger partial charge is 0.481 e. The number of benzene rings is 1. The fraction of sp³-hybridized carbons (Fsp3) is 0.592. The molecule has 0 saturated carbocycles. The Bertz CT molecular complexity index is 2460. The number of nitrogens with one attached hydrogen (secondary N) is 8. The maximum Gasteiger partial charge on any atom is 0.303 e. The Morgan fingerprint density at radius 1 is 0.718 bits per heavy atom. The fourth-order valence-corrected chi connectivity index (χ4v) is 9.57. The van der Waals surface area contributed by atoms with Crippen LogP contribution >= 0.6 is 0 Å². The standard InChI is InChI=1S/C49H71N13O16/c1-23-14-30-40(23)59-47(76)35-17-27(65)22-62(35)49(78)41(24(2)63)60-44(73)28(10-6-7-13-50)57-43(72)29(11-12-39(69)70)58-45(74)32(19-37(67)55-31(42(52)71)15-25-8-4-3-5-9-25)56-38(68)20-53-46(75)34-16-26(64)21-61(34)48(77)33(54-30)18-36(51)66/h3-5,8-9,14,23-24,26-29,31-35,40-41,54,63-65H,6-7,10-13,15-22,50H2,1-2H3,(H2,51,66)(H2,52,71)(H,53,75)(H,55,67)(H,56,68)(H,57,72)(H,58,74)(H,59,76)(H,60,73)(H,69,70). The van der Waals surface area contributed by atoms with Crippen LogP contribution in [0.2, 0.25) is 0 Å². The van der Waals surface area contributed by atoms with Gasteiger partial charge < -0.3 is 90.0 Å². The third-order valence-corrected chi connectivity index (χ3v) is 13.7. The molecule has 5 rings (SSSR count). The zero-order valence-electron chi connectivity index (χ0n) is 43.2. The average Bonchev–Trinajstić information content (AvgIpc) is 4.01. The van der Waals surface area contributed by atoms with E-state index in [4.69, 9.17) is 17.2 Å². The van der Waals surface area contributed by atoms with E-state index in [2.05, 4.69) is 42.5 Å². The monoisotopic (exact) mass is 1100 g/mol. The van der Waals surface area contributed by atoms with Crippen LogP contribution in [-0.4, -0.2) is 200 Å². The average molecular weight is 1100 g/mol. The zero-order valence-corrected chi connectivity index (χ0v) is 43.2. The molecule has 0 aromatic heterocycles. The first-order chi connectivity index (χ1) is 36.9. The highest BCUT2D eigenvalue weighted by Crippen LogP contribution is 2.28. The molecule has 11 amide bonds. The highest BCUT2D eigenvalue weighted by atomic mass is 16.4. The van der Waals surface area contributed by atoms with Crippen LogP contribution in [-0.2, 0) is 64.0 Å². The number of carboxylic acids is 1. The maximum atomic E-state index is 14.3. The molecule has 29 nitrogen and oxygen atoms in total. The van der Waals surface area contributed by atoms with Crippen molar-refractivity contribution in [3.05, 3.63) is 47.7 Å². The van der Waals surface area contributed by atoms with Crippen molar-refractivity contribution in [1.82, 2.24) is 52.3 Å². The van der Waals surface area contributed by atoms with E-state index in [0.717, 1.165) is 16.7 Å². The van der Waals surface area contributed by atoms with E-state index in [1.54, 1.807) is 43.3 Å². The van der Waals surface area contributed by atoms with Crippen molar-refractivity contribution in [1.29, 1.82) is 0 Å². The van der Waals surface area contributed by atoms with E-state index in [9.17, 15) is 78.0 Å². The molecule has 1 aromatic rings. The Morgan fingerprint density at radius 2 is 1.31 bits per heavy atom. The highest BCUT2D eigenvalue weighted by Gasteiger charge is 2.47. The Balaban J connectivity index is 1.53. The molecule has 0 spiro atoms. The number of nitrogens with zero attached hydrogens (tertiary/aromatic N) is 2. The Hall–Kier alpha value is -7.76. The van der Waals surface area contributed by atoms with E-state index in [0.29, 0.717) is 12.0 Å². The van der Waals surface area contributed by atoms with Gasteiger partial charge in [-0.3, -0.25) is 57.5 Å². The number of amides is 11. The number of unbranched alkanes of at least 4 members (excludes halogenated alkanes) is 1. The SMILES string of the molecule is CC(O)C1NC(=O)C(CCCCN)NC(=O)C(CCC(=O)O)NC(=O)C(CC(=O)NC(Cc2ccccc2)C(N)=O)NC(=O)CNC(=O)C2CC(O)CN2C(=O)C(CC(N)=O)NC2=CC(C)C2NC(=O)C2CC(O)CN2C1=O. The van der Waals surface area contributed by atoms with E-state index in [1.165, 1.54) is 0 Å². The number of nitrogens with two attached hydrogens (primary N) is 3. The lowest BCUT2D eigenvalue weighted by Crippen LogP contribution is -2.62. The van der Waals surface area contributed by atoms with Crippen molar-refractivity contribution in [2.75, 3.05) is 26.2 Å². The van der Waals surface area contributed by atoms with Crippen molar-refractivity contribution in [2.24, 2.45) is 23.1 Å². The molecule has 0 radical (unpaired) electrons. The minimum Gasteiger partial charge on any atom is -0.481 e. The second-order valence-corrected chi connectivity index (χ2v) is 19.9. The van der Waals surface area contributed by atoms with Gasteiger partial charge in [0.1, 0.15) is 48.3 Å². The molecule has 3 fully saturated rings. The molecule has 3 aliphatic heterocycles. The predicted molar refractivity (Wildman–Crippen MR) is 270 cm³/mol. The normalized spacial score (nSPS) is 28.6. The number of aliphatic carboxylic acids is 1. The summed E-state index contributed by atoms with van der Waals surface area (Å²) in [5.74, 6) is -13.1. The van der Waals surface area contributed by atoms with Gasteiger partial charge in [-0.25, -0.2) is 0 Å². The molecule has 428 valence electrons. The molecule has 1 aromatic carbocycles. The number of carbonyl (C=O) groups is 12. The highest BCUT2D eigenvalue weighted by molar-refractivity contribution is 5.99. The number of rotatable bonds is 16. The summed E-state index contributed by atoms with van der Waals surface area (Å²) in [6.07, 6.45) is -5.94. The van der Waals surface area contributed by atoms with Crippen LogP contribution in [0.3, 0.4) is 0 Å². The van der Waals surface area contributed by atoms with Crippen molar-refractivity contribution >= 4 is 70.9 Å². The first-order valence-corrected chi connectivity index (χ1v) is 25.6. The van der Waals surface area contributed by atoms with Crippen LogP contribution in [0, 0.1) is 5.92 Å². The molecule has 13 unspecified atom stereocenters. The number of fused-ring (bicyclic) bond motifs is 3. The summed E-state index contributed by atoms with van der Waals surface area (Å²) in [7, 11) is 0. The molecule has 4 aliphatic rings. The third-order valence-electron chi connectivity index (χ3n) is 13.7. The second kappa shape index (κ2) is 28.0. The molecule has 18 N–H and O–H groups in total. The third kappa shape index (κ3) is 16.9. The van der Waals surface area contributed by atoms with Gasteiger partial charge in [-0.2, -0.15) is 0 Å². The van der Waals surface area contributed by atoms with Crippen LogP contribution in [0.4, 0.5) is 0 Å². The number of aliphatic hydroxyl groups excluding tert-OH is 3. The number of carboxylic acid groups (broad SMARTS) is 1. The quantitative estimate of drug-likeness (QED) is 0.0684. The van der Waals surface area contributed by atoms with Crippen LogP contribution in [0.25, 0.3) is 0 Å². The summed E-state index contributed by atoms with van der Waals surface area (Å²) < 4.78 is 0. The van der Waals surface area contributed by atoms with Crippen molar-refractivity contribution in [2.45, 2.75) is 151 Å². The molecule has 29 heteroatoms. The number of hydrogen-bond donors (Lipinski definition) is 15. The molecular weight excluding hydrogens is 1030 g/mol. The molecule has 3 saturated heterocycles. The predicted octanol–water partition coefficient (Wildman–Crippen LogP) is -7.19. The summed E-state index contributed by atoms with van der Waals surface area (Å²) in [6.45, 7) is 1.24. The van der Waals surface area contributed by atoms with Gasteiger partial charge >= 0.3 is 5.97 Å². The number of aliphatic hydroxyl groups is 3. The smallest absolute Gasteiger partial charge is 0.303 e. The van der Waals surface area contributed by atoms with Gasteiger partial charge in [0.15, 0.2) is 0 Å². The number of hydrogen-bond acceptors (Lipinski definition) is 17. The van der Waals surface area contributed by atoms with E-state index >= 15 is 0 Å². The van der Waals surface area contributed by atoms with Crippen molar-refractivity contribution in [3.63, 3.8) is 0 Å². The van der Waals surface area contributed by atoms with Gasteiger partial charge in [0.25, 0.3) is 0 Å². The minimum atomic E-state index is -1.95. The van der Waals surface area contributed by atoms with Gasteiger partial charge in [-0.15, -0.1) is 0 Å². The lowest BCUT2D eigenvalue weighted by molar-refractivity contribution is -0.144. The first-order valence-electron chi connectivity index (χ1n) is 25.6.